The summed E-state index contributed by atoms with van der Waals surface area (Å²) in [6, 6.07) is 16.8. The molecule has 1 aromatic heterocycles. The van der Waals surface area contributed by atoms with Crippen LogP contribution in [0.2, 0.25) is 0 Å². The van der Waals surface area contributed by atoms with E-state index in [9.17, 15) is 14.7 Å². The summed E-state index contributed by atoms with van der Waals surface area (Å²) in [7, 11) is 1.56. The van der Waals surface area contributed by atoms with Gasteiger partial charge in [0.2, 0.25) is 0 Å². The topological polar surface area (TPSA) is 79.7 Å². The Labute approximate surface area is 174 Å². The third kappa shape index (κ3) is 3.22. The summed E-state index contributed by atoms with van der Waals surface area (Å²) in [6.45, 7) is 1.81. The first-order chi connectivity index (χ1) is 14.5. The monoisotopic (exact) mass is 400 g/mol. The molecule has 1 fully saturated rings. The van der Waals surface area contributed by atoms with Crippen molar-refractivity contribution in [2.24, 2.45) is 0 Å². The van der Waals surface area contributed by atoms with Gasteiger partial charge in [-0.2, -0.15) is 0 Å². The number of aliphatic hydroxyl groups excluding tert-OH is 1. The van der Waals surface area contributed by atoms with Crippen molar-refractivity contribution in [3.05, 3.63) is 95.3 Å². The molecule has 2 heterocycles. The maximum Gasteiger partial charge on any atom is 0.300 e. The highest BCUT2D eigenvalue weighted by Crippen LogP contribution is 2.42. The summed E-state index contributed by atoms with van der Waals surface area (Å²) < 4.78 is 5.22. The SMILES string of the molecule is COc1ccc(/C(O)=C2/C(=O)C(=O)N(c3ccccc3)C2c2ccncc2)c(C)c1. The minimum absolute atomic E-state index is 0.0447. The highest BCUT2D eigenvalue weighted by Gasteiger charge is 2.47. The van der Waals surface area contributed by atoms with Gasteiger partial charge in [-0.15, -0.1) is 0 Å². The molecule has 1 aliphatic heterocycles. The summed E-state index contributed by atoms with van der Waals surface area (Å²) in [6.07, 6.45) is 3.19. The molecule has 4 rings (SSSR count). The van der Waals surface area contributed by atoms with Gasteiger partial charge in [-0.3, -0.25) is 19.5 Å². The number of aliphatic hydroxyl groups is 1. The fourth-order valence-corrected chi connectivity index (χ4v) is 3.72. The predicted octanol–water partition coefficient (Wildman–Crippen LogP) is 4.02. The second-order valence-corrected chi connectivity index (χ2v) is 6.97. The van der Waals surface area contributed by atoms with E-state index in [2.05, 4.69) is 4.98 Å². The quantitative estimate of drug-likeness (QED) is 0.406. The second-order valence-electron chi connectivity index (χ2n) is 6.97. The Balaban J connectivity index is 1.94. The van der Waals surface area contributed by atoms with Crippen LogP contribution in [0.25, 0.3) is 5.76 Å². The van der Waals surface area contributed by atoms with Crippen LogP contribution >= 0.6 is 0 Å². The molecule has 1 unspecified atom stereocenters. The minimum Gasteiger partial charge on any atom is -0.507 e. The van der Waals surface area contributed by atoms with Crippen molar-refractivity contribution < 1.29 is 19.4 Å². The van der Waals surface area contributed by atoms with Crippen molar-refractivity contribution in [1.29, 1.82) is 0 Å². The van der Waals surface area contributed by atoms with Crippen LogP contribution < -0.4 is 9.64 Å². The first kappa shape index (κ1) is 19.4. The number of pyridine rings is 1. The van der Waals surface area contributed by atoms with Crippen LogP contribution in [-0.2, 0) is 9.59 Å². The van der Waals surface area contributed by atoms with Crippen LogP contribution in [0.5, 0.6) is 5.75 Å². The molecular weight excluding hydrogens is 380 g/mol. The van der Waals surface area contributed by atoms with Gasteiger partial charge in [0.05, 0.1) is 18.7 Å². The predicted molar refractivity (Wildman–Crippen MR) is 113 cm³/mol. The molecule has 3 aromatic rings. The normalized spacial score (nSPS) is 17.9. The summed E-state index contributed by atoms with van der Waals surface area (Å²) in [5.41, 5.74) is 2.50. The molecule has 0 radical (unpaired) electrons. The average Bonchev–Trinajstić information content (AvgIpc) is 3.05. The van der Waals surface area contributed by atoms with E-state index in [4.69, 9.17) is 4.74 Å². The highest BCUT2D eigenvalue weighted by molar-refractivity contribution is 6.51. The van der Waals surface area contributed by atoms with Crippen LogP contribution in [-0.4, -0.2) is 28.9 Å². The lowest BCUT2D eigenvalue weighted by atomic mass is 9.94. The molecule has 1 aliphatic rings. The van der Waals surface area contributed by atoms with E-state index in [0.717, 1.165) is 5.56 Å². The molecule has 1 saturated heterocycles. The van der Waals surface area contributed by atoms with E-state index >= 15 is 0 Å². The lowest BCUT2D eigenvalue weighted by molar-refractivity contribution is -0.132. The zero-order chi connectivity index (χ0) is 21.3. The zero-order valence-corrected chi connectivity index (χ0v) is 16.6. The number of Topliss-reactive ketones (excluding diaryl/α,β-unsaturated/α-hetero) is 1. The Bertz CT molecular complexity index is 1140. The number of hydrogen-bond acceptors (Lipinski definition) is 5. The number of aryl methyl sites for hydroxylation is 1. The molecule has 0 spiro atoms. The Morgan fingerprint density at radius 2 is 1.73 bits per heavy atom. The Morgan fingerprint density at radius 1 is 1.03 bits per heavy atom. The van der Waals surface area contributed by atoms with Gasteiger partial charge < -0.3 is 9.84 Å². The van der Waals surface area contributed by atoms with Crippen molar-refractivity contribution in [3.8, 4) is 5.75 Å². The number of carbonyl (C=O) groups excluding carboxylic acids is 2. The molecule has 30 heavy (non-hydrogen) atoms. The molecule has 2 aromatic carbocycles. The summed E-state index contributed by atoms with van der Waals surface area (Å²) >= 11 is 0. The van der Waals surface area contributed by atoms with Crippen molar-refractivity contribution in [3.63, 3.8) is 0 Å². The van der Waals surface area contributed by atoms with E-state index < -0.39 is 17.7 Å². The van der Waals surface area contributed by atoms with E-state index in [1.165, 1.54) is 4.90 Å². The molecule has 6 heteroatoms. The fraction of sp³-hybridized carbons (Fsp3) is 0.125. The largest absolute Gasteiger partial charge is 0.507 e. The number of carbonyl (C=O) groups is 2. The van der Waals surface area contributed by atoms with E-state index in [1.807, 2.05) is 13.0 Å². The number of aromatic nitrogens is 1. The van der Waals surface area contributed by atoms with Crippen LogP contribution in [0.1, 0.15) is 22.7 Å². The van der Waals surface area contributed by atoms with E-state index in [0.29, 0.717) is 22.6 Å². The van der Waals surface area contributed by atoms with Gasteiger partial charge in [-0.25, -0.2) is 0 Å². The molecule has 150 valence electrons. The van der Waals surface area contributed by atoms with Gasteiger partial charge in [0.25, 0.3) is 11.7 Å². The molecule has 1 amide bonds. The number of ketones is 1. The number of anilines is 1. The Morgan fingerprint density at radius 3 is 2.37 bits per heavy atom. The zero-order valence-electron chi connectivity index (χ0n) is 16.6. The highest BCUT2D eigenvalue weighted by atomic mass is 16.5. The number of para-hydroxylation sites is 1. The number of rotatable bonds is 4. The maximum atomic E-state index is 13.1. The fourth-order valence-electron chi connectivity index (χ4n) is 3.72. The van der Waals surface area contributed by atoms with Crippen LogP contribution in [0.15, 0.2) is 78.6 Å². The van der Waals surface area contributed by atoms with Gasteiger partial charge in [0.15, 0.2) is 0 Å². The van der Waals surface area contributed by atoms with Gasteiger partial charge in [0.1, 0.15) is 11.5 Å². The van der Waals surface area contributed by atoms with Crippen molar-refractivity contribution in [2.45, 2.75) is 13.0 Å². The van der Waals surface area contributed by atoms with Gasteiger partial charge in [0, 0.05) is 23.6 Å². The smallest absolute Gasteiger partial charge is 0.300 e. The van der Waals surface area contributed by atoms with Gasteiger partial charge >= 0.3 is 0 Å². The lowest BCUT2D eigenvalue weighted by Crippen LogP contribution is -2.29. The maximum absolute atomic E-state index is 13.1. The lowest BCUT2D eigenvalue weighted by Gasteiger charge is -2.25. The first-order valence-corrected chi connectivity index (χ1v) is 9.44. The number of benzene rings is 2. The first-order valence-electron chi connectivity index (χ1n) is 9.44. The van der Waals surface area contributed by atoms with Crippen LogP contribution in [0, 0.1) is 6.92 Å². The van der Waals surface area contributed by atoms with Crippen LogP contribution in [0.3, 0.4) is 0 Å². The van der Waals surface area contributed by atoms with Crippen molar-refractivity contribution >= 4 is 23.1 Å². The molecule has 6 nitrogen and oxygen atoms in total. The number of methoxy groups -OCH3 is 1. The number of ether oxygens (including phenoxy) is 1. The third-order valence-electron chi connectivity index (χ3n) is 5.19. The summed E-state index contributed by atoms with van der Waals surface area (Å²) in [4.78, 5) is 31.5. The molecule has 0 bridgehead atoms. The molecular formula is C24H20N2O4. The summed E-state index contributed by atoms with van der Waals surface area (Å²) in [5, 5.41) is 11.2. The Kier molecular flexibility index (Phi) is 5.06. The van der Waals surface area contributed by atoms with Gasteiger partial charge in [-0.05, 0) is 60.5 Å². The minimum atomic E-state index is -0.767. The number of nitrogens with zero attached hydrogens (tertiary/aromatic N) is 2. The number of amides is 1. The van der Waals surface area contributed by atoms with Crippen molar-refractivity contribution in [1.82, 2.24) is 4.98 Å². The third-order valence-corrected chi connectivity index (χ3v) is 5.19. The van der Waals surface area contributed by atoms with E-state index in [-0.39, 0.29) is 11.3 Å². The average molecular weight is 400 g/mol. The number of hydrogen-bond donors (Lipinski definition) is 1. The summed E-state index contributed by atoms with van der Waals surface area (Å²) in [5.74, 6) is -0.989. The molecule has 1 atom stereocenters. The van der Waals surface area contributed by atoms with Gasteiger partial charge in [-0.1, -0.05) is 18.2 Å². The van der Waals surface area contributed by atoms with E-state index in [1.54, 1.807) is 74.1 Å². The molecule has 1 N–H and O–H groups in total. The Hall–Kier alpha value is -3.93. The van der Waals surface area contributed by atoms with Crippen molar-refractivity contribution in [2.75, 3.05) is 12.0 Å². The standard InChI is InChI=1S/C24H20N2O4/c1-15-14-18(30-2)8-9-19(15)22(27)20-21(16-10-12-25-13-11-16)26(24(29)23(20)28)17-6-4-3-5-7-17/h3-14,21,27H,1-2H3/b22-20-. The molecule has 0 saturated carbocycles. The van der Waals surface area contributed by atoms with Crippen LogP contribution in [0.4, 0.5) is 5.69 Å². The second kappa shape index (κ2) is 7.83. The molecule has 0 aliphatic carbocycles.